The van der Waals surface area contributed by atoms with Gasteiger partial charge >= 0.3 is 17.9 Å². The summed E-state index contributed by atoms with van der Waals surface area (Å²) >= 11 is 0. The number of carbonyl (C=O) groups is 4. The van der Waals surface area contributed by atoms with Crippen molar-refractivity contribution in [1.29, 1.82) is 0 Å². The average Bonchev–Trinajstić information content (AvgIpc) is 3.24. The number of carbonyl (C=O) groups excluding carboxylic acids is 4. The third-order valence-electron chi connectivity index (χ3n) is 8.77. The van der Waals surface area contributed by atoms with Crippen molar-refractivity contribution in [2.24, 2.45) is 29.1 Å². The first kappa shape index (κ1) is 27.8. The molecule has 4 rings (SSSR count). The molecule has 204 valence electrons. The molecule has 0 aromatic heterocycles. The van der Waals surface area contributed by atoms with Crippen LogP contribution in [0, 0.1) is 29.1 Å². The summed E-state index contributed by atoms with van der Waals surface area (Å²) in [7, 11) is 0. The smallest absolute Gasteiger partial charge is 0.338 e. The van der Waals surface area contributed by atoms with E-state index in [2.05, 4.69) is 20.4 Å². The van der Waals surface area contributed by atoms with Crippen LogP contribution in [0.5, 0.6) is 0 Å². The molecular formula is C31H38O7. The lowest BCUT2D eigenvalue weighted by Crippen LogP contribution is -2.55. The third kappa shape index (κ3) is 4.95. The predicted molar refractivity (Wildman–Crippen MR) is 141 cm³/mol. The summed E-state index contributed by atoms with van der Waals surface area (Å²) in [5.74, 6) is -2.89. The van der Waals surface area contributed by atoms with E-state index in [0.717, 1.165) is 6.42 Å². The highest BCUT2D eigenvalue weighted by Gasteiger charge is 2.65. The Bertz CT molecular complexity index is 1180. The van der Waals surface area contributed by atoms with Crippen molar-refractivity contribution >= 4 is 23.7 Å². The van der Waals surface area contributed by atoms with Crippen LogP contribution in [0.15, 0.2) is 54.1 Å². The molecular weight excluding hydrogens is 484 g/mol. The van der Waals surface area contributed by atoms with Crippen LogP contribution in [0.4, 0.5) is 0 Å². The normalized spacial score (nSPS) is 35.5. The van der Waals surface area contributed by atoms with Gasteiger partial charge in [0.05, 0.1) is 11.5 Å². The van der Waals surface area contributed by atoms with Gasteiger partial charge in [0.25, 0.3) is 0 Å². The highest BCUT2D eigenvalue weighted by Crippen LogP contribution is 2.62. The van der Waals surface area contributed by atoms with Crippen LogP contribution in [0.3, 0.4) is 0 Å². The fraction of sp³-hybridized carbons (Fsp3) is 0.548. The van der Waals surface area contributed by atoms with Gasteiger partial charge in [-0.2, -0.15) is 0 Å². The molecule has 3 aliphatic rings. The van der Waals surface area contributed by atoms with E-state index in [-0.39, 0.29) is 29.5 Å². The second-order valence-corrected chi connectivity index (χ2v) is 11.8. The molecule has 0 saturated heterocycles. The van der Waals surface area contributed by atoms with E-state index in [4.69, 9.17) is 14.2 Å². The van der Waals surface area contributed by atoms with Crippen molar-refractivity contribution in [3.8, 4) is 0 Å². The largest absolute Gasteiger partial charge is 0.458 e. The molecule has 3 aliphatic carbocycles. The number of hydrogen-bond donors (Lipinski definition) is 0. The molecule has 2 saturated carbocycles. The Morgan fingerprint density at radius 3 is 2.29 bits per heavy atom. The second kappa shape index (κ2) is 10.2. The lowest BCUT2D eigenvalue weighted by molar-refractivity contribution is -0.179. The van der Waals surface area contributed by atoms with Crippen LogP contribution in [-0.2, 0) is 28.6 Å². The van der Waals surface area contributed by atoms with E-state index in [9.17, 15) is 19.2 Å². The molecule has 0 spiro atoms. The third-order valence-corrected chi connectivity index (χ3v) is 8.77. The van der Waals surface area contributed by atoms with Crippen molar-refractivity contribution < 1.29 is 33.4 Å². The summed E-state index contributed by atoms with van der Waals surface area (Å²) in [5.41, 5.74) is -0.203. The summed E-state index contributed by atoms with van der Waals surface area (Å²) in [6.45, 7) is 14.8. The number of ketones is 1. The number of hydrogen-bond acceptors (Lipinski definition) is 7. The highest BCUT2D eigenvalue weighted by molar-refractivity contribution is 6.03. The van der Waals surface area contributed by atoms with Gasteiger partial charge in [-0.05, 0) is 66.2 Å². The van der Waals surface area contributed by atoms with Crippen LogP contribution in [0.25, 0.3) is 0 Å². The standard InChI is InChI=1S/C31H38O7/c1-17-13-14-23-24(30(23,6)7)15-18(2)28(34)31(38-21(5)33)16-19(3)27(25(31)26(17)36-20(4)32)37-29(35)22-11-9-8-10-12-22/h8-12,15,19,23-27H,1,13-14,16H2,2-7H3/b18-15-/t19-,23-,24+,25-,26?,27-,31+/m0/s1. The molecule has 0 N–H and O–H groups in total. The molecule has 38 heavy (non-hydrogen) atoms. The maximum atomic E-state index is 14.3. The Labute approximate surface area is 224 Å². The van der Waals surface area contributed by atoms with Crippen LogP contribution in [0.2, 0.25) is 0 Å². The Kier molecular flexibility index (Phi) is 7.43. The van der Waals surface area contributed by atoms with Gasteiger partial charge in [-0.15, -0.1) is 0 Å². The summed E-state index contributed by atoms with van der Waals surface area (Å²) < 4.78 is 17.9. The van der Waals surface area contributed by atoms with Gasteiger partial charge in [-0.25, -0.2) is 4.79 Å². The van der Waals surface area contributed by atoms with Gasteiger partial charge in [0.2, 0.25) is 5.78 Å². The minimum absolute atomic E-state index is 0.0165. The lowest BCUT2D eigenvalue weighted by Gasteiger charge is -2.39. The molecule has 7 atom stereocenters. The topological polar surface area (TPSA) is 96.0 Å². The minimum Gasteiger partial charge on any atom is -0.458 e. The fourth-order valence-electron chi connectivity index (χ4n) is 6.80. The molecule has 1 aromatic carbocycles. The van der Waals surface area contributed by atoms with E-state index >= 15 is 0 Å². The number of allylic oxidation sites excluding steroid dienone is 1. The summed E-state index contributed by atoms with van der Waals surface area (Å²) in [5, 5.41) is 0. The van der Waals surface area contributed by atoms with Crippen molar-refractivity contribution in [3.05, 3.63) is 59.7 Å². The number of benzene rings is 1. The fourth-order valence-corrected chi connectivity index (χ4v) is 6.80. The zero-order chi connectivity index (χ0) is 28.0. The maximum absolute atomic E-state index is 14.3. The first-order valence-corrected chi connectivity index (χ1v) is 13.3. The zero-order valence-corrected chi connectivity index (χ0v) is 23.1. The van der Waals surface area contributed by atoms with Gasteiger partial charge in [0.1, 0.15) is 12.2 Å². The van der Waals surface area contributed by atoms with Crippen LogP contribution in [-0.4, -0.2) is 41.5 Å². The summed E-state index contributed by atoms with van der Waals surface area (Å²) in [6.07, 6.45) is 1.63. The van der Waals surface area contributed by atoms with Crippen LogP contribution in [0.1, 0.15) is 71.2 Å². The predicted octanol–water partition coefficient (Wildman–Crippen LogP) is 5.24. The first-order chi connectivity index (χ1) is 17.8. The maximum Gasteiger partial charge on any atom is 0.338 e. The minimum atomic E-state index is -1.69. The average molecular weight is 523 g/mol. The second-order valence-electron chi connectivity index (χ2n) is 11.8. The lowest BCUT2D eigenvalue weighted by atomic mass is 9.76. The Balaban J connectivity index is 1.87. The van der Waals surface area contributed by atoms with Crippen molar-refractivity contribution in [2.75, 3.05) is 0 Å². The SMILES string of the molecule is C=C1CC[C@H]2[C@@H](/C=C(/C)C(=O)[C@@]3(OC(C)=O)C[C@H](C)[C@H](OC(=O)c4ccccc4)[C@@H]3C1OC(C)=O)C2(C)C. The molecule has 0 radical (unpaired) electrons. The molecule has 7 heteroatoms. The van der Waals surface area contributed by atoms with Gasteiger partial charge in [0, 0.05) is 20.3 Å². The van der Waals surface area contributed by atoms with E-state index in [1.165, 1.54) is 13.8 Å². The zero-order valence-electron chi connectivity index (χ0n) is 23.1. The van der Waals surface area contributed by atoms with Crippen molar-refractivity contribution in [2.45, 2.75) is 78.6 Å². The molecule has 0 heterocycles. The molecule has 1 unspecified atom stereocenters. The molecule has 7 nitrogen and oxygen atoms in total. The van der Waals surface area contributed by atoms with Crippen LogP contribution >= 0.6 is 0 Å². The number of Topliss-reactive ketones (excluding diaryl/α,β-unsaturated/α-hetero) is 1. The van der Waals surface area contributed by atoms with Gasteiger partial charge in [-0.1, -0.05) is 51.6 Å². The quantitative estimate of drug-likeness (QED) is 0.303. The van der Waals surface area contributed by atoms with Gasteiger partial charge in [0.15, 0.2) is 5.60 Å². The summed E-state index contributed by atoms with van der Waals surface area (Å²) in [6, 6.07) is 8.56. The molecule has 0 aliphatic heterocycles. The van der Waals surface area contributed by atoms with Crippen molar-refractivity contribution in [1.82, 2.24) is 0 Å². The van der Waals surface area contributed by atoms with E-state index in [1.807, 2.05) is 13.0 Å². The first-order valence-electron chi connectivity index (χ1n) is 13.3. The van der Waals surface area contributed by atoms with E-state index in [0.29, 0.717) is 29.0 Å². The van der Waals surface area contributed by atoms with E-state index < -0.39 is 41.6 Å². The Hall–Kier alpha value is -3.22. The highest BCUT2D eigenvalue weighted by atomic mass is 16.6. The molecule has 0 bridgehead atoms. The number of esters is 3. The molecule has 2 fully saturated rings. The number of rotatable bonds is 4. The van der Waals surface area contributed by atoms with Gasteiger partial charge in [-0.3, -0.25) is 14.4 Å². The number of ether oxygens (including phenoxy) is 3. The molecule has 1 aromatic rings. The number of fused-ring (bicyclic) bond motifs is 2. The van der Waals surface area contributed by atoms with Gasteiger partial charge < -0.3 is 14.2 Å². The van der Waals surface area contributed by atoms with Crippen molar-refractivity contribution in [3.63, 3.8) is 0 Å². The monoisotopic (exact) mass is 522 g/mol. The Morgan fingerprint density at radius 2 is 1.68 bits per heavy atom. The molecule has 0 amide bonds. The van der Waals surface area contributed by atoms with E-state index in [1.54, 1.807) is 37.3 Å². The van der Waals surface area contributed by atoms with Crippen LogP contribution < -0.4 is 0 Å². The summed E-state index contributed by atoms with van der Waals surface area (Å²) in [4.78, 5) is 52.4. The Morgan fingerprint density at radius 1 is 1.03 bits per heavy atom.